The average molecular weight is 317 g/mol. The van der Waals surface area contributed by atoms with Crippen LogP contribution in [0.15, 0.2) is 60.7 Å². The van der Waals surface area contributed by atoms with Crippen LogP contribution in [0.2, 0.25) is 0 Å². The van der Waals surface area contributed by atoms with Crippen LogP contribution in [0.4, 0.5) is 5.69 Å². The van der Waals surface area contributed by atoms with Gasteiger partial charge in [0.2, 0.25) is 0 Å². The fourth-order valence-electron chi connectivity index (χ4n) is 3.52. The summed E-state index contributed by atoms with van der Waals surface area (Å²) < 4.78 is 11.8. The van der Waals surface area contributed by atoms with E-state index in [0.717, 1.165) is 33.5 Å². The Morgan fingerprint density at radius 2 is 1.75 bits per heavy atom. The summed E-state index contributed by atoms with van der Waals surface area (Å²) in [6.07, 6.45) is -0.187. The van der Waals surface area contributed by atoms with E-state index in [1.165, 1.54) is 0 Å². The maximum Gasteiger partial charge on any atom is 0.259 e. The lowest BCUT2D eigenvalue weighted by Crippen LogP contribution is -2.42. The number of carbonyl (C=O) groups is 1. The Kier molecular flexibility index (Phi) is 2.80. The minimum absolute atomic E-state index is 0.0317. The van der Waals surface area contributed by atoms with Crippen molar-refractivity contribution in [3.63, 3.8) is 0 Å². The van der Waals surface area contributed by atoms with Crippen molar-refractivity contribution in [1.29, 1.82) is 0 Å². The first kappa shape index (κ1) is 13.4. The van der Waals surface area contributed by atoms with E-state index in [1.807, 2.05) is 60.7 Å². The molecule has 1 unspecified atom stereocenters. The summed E-state index contributed by atoms with van der Waals surface area (Å²) in [6.45, 7) is 0.911. The Hall–Kier alpha value is -3.01. The van der Waals surface area contributed by atoms with E-state index in [2.05, 4.69) is 0 Å². The molecule has 0 N–H and O–H groups in total. The van der Waals surface area contributed by atoms with E-state index in [1.54, 1.807) is 4.90 Å². The third kappa shape index (κ3) is 1.89. The Morgan fingerprint density at radius 3 is 2.62 bits per heavy atom. The van der Waals surface area contributed by atoms with Crippen molar-refractivity contribution in [2.24, 2.45) is 0 Å². The maximum atomic E-state index is 12.8. The van der Waals surface area contributed by atoms with Crippen LogP contribution in [-0.2, 0) is 0 Å². The van der Waals surface area contributed by atoms with Crippen LogP contribution in [0.25, 0.3) is 10.8 Å². The normalized spacial score (nSPS) is 18.2. The van der Waals surface area contributed by atoms with Crippen molar-refractivity contribution < 1.29 is 14.3 Å². The van der Waals surface area contributed by atoms with Crippen LogP contribution in [-0.4, -0.2) is 25.2 Å². The van der Waals surface area contributed by atoms with Crippen LogP contribution in [0.3, 0.4) is 0 Å². The van der Waals surface area contributed by atoms with Crippen molar-refractivity contribution in [2.45, 2.75) is 6.10 Å². The van der Waals surface area contributed by atoms with E-state index < -0.39 is 0 Å². The lowest BCUT2D eigenvalue weighted by atomic mass is 10.1. The van der Waals surface area contributed by atoms with Crippen molar-refractivity contribution in [2.75, 3.05) is 18.1 Å². The number of anilines is 1. The van der Waals surface area contributed by atoms with Gasteiger partial charge in [0, 0.05) is 10.9 Å². The van der Waals surface area contributed by atoms with Crippen LogP contribution in [0.5, 0.6) is 11.5 Å². The summed E-state index contributed by atoms with van der Waals surface area (Å²) in [6, 6.07) is 19.5. The van der Waals surface area contributed by atoms with Gasteiger partial charge in [0.25, 0.3) is 5.91 Å². The molecule has 0 fully saturated rings. The molecular weight excluding hydrogens is 302 g/mol. The zero-order chi connectivity index (χ0) is 16.1. The number of carbonyl (C=O) groups excluding carboxylic acids is 1. The first-order chi connectivity index (χ1) is 11.8. The molecular formula is C20H15NO3. The van der Waals surface area contributed by atoms with E-state index in [4.69, 9.17) is 9.47 Å². The second-order valence-corrected chi connectivity index (χ2v) is 6.09. The number of benzene rings is 3. The number of nitrogens with zero attached hydrogens (tertiary/aromatic N) is 1. The molecule has 24 heavy (non-hydrogen) atoms. The molecule has 3 aromatic carbocycles. The minimum Gasteiger partial charge on any atom is -0.486 e. The average Bonchev–Trinajstić information content (AvgIpc) is 2.90. The van der Waals surface area contributed by atoms with Gasteiger partial charge in [-0.1, -0.05) is 36.4 Å². The first-order valence-corrected chi connectivity index (χ1v) is 8.03. The van der Waals surface area contributed by atoms with Crippen LogP contribution < -0.4 is 14.4 Å². The van der Waals surface area contributed by atoms with E-state index in [9.17, 15) is 4.79 Å². The molecule has 2 aliphatic heterocycles. The Balaban J connectivity index is 1.47. The number of rotatable bonds is 2. The quantitative estimate of drug-likeness (QED) is 0.724. The van der Waals surface area contributed by atoms with E-state index >= 15 is 0 Å². The van der Waals surface area contributed by atoms with Gasteiger partial charge in [-0.2, -0.15) is 0 Å². The van der Waals surface area contributed by atoms with Crippen molar-refractivity contribution in [1.82, 2.24) is 0 Å². The summed E-state index contributed by atoms with van der Waals surface area (Å²) in [5.74, 6) is 1.52. The number of ether oxygens (including phenoxy) is 2. The first-order valence-electron chi connectivity index (χ1n) is 8.03. The lowest BCUT2D eigenvalue weighted by molar-refractivity contribution is 0.0857. The van der Waals surface area contributed by atoms with E-state index in [-0.39, 0.29) is 12.0 Å². The summed E-state index contributed by atoms with van der Waals surface area (Å²) in [5, 5.41) is 2.12. The number of para-hydroxylation sites is 2. The minimum atomic E-state index is -0.187. The highest BCUT2D eigenvalue weighted by Gasteiger charge is 2.33. The second-order valence-electron chi connectivity index (χ2n) is 6.09. The Bertz CT molecular complexity index is 961. The third-order valence-corrected chi connectivity index (χ3v) is 4.60. The summed E-state index contributed by atoms with van der Waals surface area (Å²) in [4.78, 5) is 14.6. The molecule has 2 aliphatic rings. The maximum absolute atomic E-state index is 12.8. The molecule has 1 amide bonds. The molecule has 118 valence electrons. The second kappa shape index (κ2) is 4.99. The zero-order valence-electron chi connectivity index (χ0n) is 12.9. The Morgan fingerprint density at radius 1 is 0.958 bits per heavy atom. The van der Waals surface area contributed by atoms with Crippen molar-refractivity contribution >= 4 is 22.4 Å². The van der Waals surface area contributed by atoms with Gasteiger partial charge < -0.3 is 14.4 Å². The molecule has 0 bridgehead atoms. The molecule has 0 aliphatic carbocycles. The largest absolute Gasteiger partial charge is 0.486 e. The standard InChI is InChI=1S/C20H15NO3/c22-20-15-7-3-5-13-6-4-8-16(19(13)15)21(20)11-14-12-23-17-9-1-2-10-18(17)24-14/h1-10,14H,11-12H2. The fraction of sp³-hybridized carbons (Fsp3) is 0.150. The summed E-state index contributed by atoms with van der Waals surface area (Å²) in [7, 11) is 0. The fourth-order valence-corrected chi connectivity index (χ4v) is 3.52. The number of hydrogen-bond acceptors (Lipinski definition) is 3. The molecule has 2 heterocycles. The van der Waals surface area contributed by atoms with Gasteiger partial charge in [0.15, 0.2) is 17.6 Å². The van der Waals surface area contributed by atoms with Gasteiger partial charge in [-0.05, 0) is 29.7 Å². The van der Waals surface area contributed by atoms with Gasteiger partial charge in [0.05, 0.1) is 12.2 Å². The van der Waals surface area contributed by atoms with Gasteiger partial charge in [-0.15, -0.1) is 0 Å². The third-order valence-electron chi connectivity index (χ3n) is 4.60. The number of hydrogen-bond donors (Lipinski definition) is 0. The predicted octanol–water partition coefficient (Wildman–Crippen LogP) is 3.64. The highest BCUT2D eigenvalue weighted by atomic mass is 16.6. The van der Waals surface area contributed by atoms with Gasteiger partial charge >= 0.3 is 0 Å². The summed E-state index contributed by atoms with van der Waals surface area (Å²) in [5.41, 5.74) is 1.72. The van der Waals surface area contributed by atoms with Gasteiger partial charge in [-0.3, -0.25) is 4.79 Å². The lowest BCUT2D eigenvalue weighted by Gasteiger charge is -2.29. The number of fused-ring (bicyclic) bond motifs is 1. The smallest absolute Gasteiger partial charge is 0.259 e. The molecule has 4 nitrogen and oxygen atoms in total. The highest BCUT2D eigenvalue weighted by Crippen LogP contribution is 2.38. The molecule has 0 saturated carbocycles. The molecule has 0 aromatic heterocycles. The molecule has 0 radical (unpaired) electrons. The molecule has 4 heteroatoms. The highest BCUT2D eigenvalue weighted by molar-refractivity contribution is 6.25. The summed E-state index contributed by atoms with van der Waals surface area (Å²) >= 11 is 0. The monoisotopic (exact) mass is 317 g/mol. The van der Waals surface area contributed by atoms with Crippen molar-refractivity contribution in [3.8, 4) is 11.5 Å². The van der Waals surface area contributed by atoms with Crippen molar-refractivity contribution in [3.05, 3.63) is 66.2 Å². The molecule has 3 aromatic rings. The van der Waals surface area contributed by atoms with Gasteiger partial charge in [0.1, 0.15) is 6.61 Å². The van der Waals surface area contributed by atoms with Crippen LogP contribution in [0.1, 0.15) is 10.4 Å². The molecule has 0 spiro atoms. The molecule has 0 saturated heterocycles. The SMILES string of the molecule is O=C1c2cccc3cccc(c23)N1CC1COc2ccccc2O1. The molecule has 1 atom stereocenters. The van der Waals surface area contributed by atoms with Crippen LogP contribution >= 0.6 is 0 Å². The predicted molar refractivity (Wildman–Crippen MR) is 92.0 cm³/mol. The van der Waals surface area contributed by atoms with Gasteiger partial charge in [-0.25, -0.2) is 0 Å². The number of amides is 1. The van der Waals surface area contributed by atoms with Crippen LogP contribution in [0, 0.1) is 0 Å². The zero-order valence-corrected chi connectivity index (χ0v) is 12.9. The van der Waals surface area contributed by atoms with E-state index in [0.29, 0.717) is 13.2 Å². The topological polar surface area (TPSA) is 38.8 Å². The molecule has 5 rings (SSSR count). The Labute approximate surface area is 139 Å².